The zero-order chi connectivity index (χ0) is 15.3. The molecule has 0 saturated carbocycles. The van der Waals surface area contributed by atoms with E-state index in [2.05, 4.69) is 36.1 Å². The smallest absolute Gasteiger partial charge is 0.317 e. The molecule has 0 spiro atoms. The van der Waals surface area contributed by atoms with Crippen molar-refractivity contribution >= 4 is 6.03 Å². The maximum atomic E-state index is 12.5. The number of carbonyl (C=O) groups excluding carboxylic acids is 1. The number of carbonyl (C=O) groups is 1. The van der Waals surface area contributed by atoms with Gasteiger partial charge in [0.15, 0.2) is 0 Å². The average Bonchev–Trinajstić information content (AvgIpc) is 2.55. The number of amides is 2. The van der Waals surface area contributed by atoms with Crippen LogP contribution in [0.2, 0.25) is 0 Å². The lowest BCUT2D eigenvalue weighted by molar-refractivity contribution is 0.165. The summed E-state index contributed by atoms with van der Waals surface area (Å²) in [6.07, 6.45) is 7.35. The minimum Gasteiger partial charge on any atom is -0.333 e. The maximum Gasteiger partial charge on any atom is 0.317 e. The van der Waals surface area contributed by atoms with E-state index in [1.54, 1.807) is 12.5 Å². The van der Waals surface area contributed by atoms with E-state index in [0.29, 0.717) is 5.92 Å². The number of hydrogen-bond donors (Lipinski definition) is 1. The van der Waals surface area contributed by atoms with E-state index in [1.807, 2.05) is 11.0 Å². The van der Waals surface area contributed by atoms with Gasteiger partial charge < -0.3 is 10.2 Å². The van der Waals surface area contributed by atoms with Gasteiger partial charge >= 0.3 is 6.03 Å². The highest BCUT2D eigenvalue weighted by molar-refractivity contribution is 5.75. The summed E-state index contributed by atoms with van der Waals surface area (Å²) < 4.78 is 0. The average molecular weight is 290 g/mol. The lowest BCUT2D eigenvalue weighted by Crippen LogP contribution is -2.53. The van der Waals surface area contributed by atoms with E-state index in [4.69, 9.17) is 0 Å². The van der Waals surface area contributed by atoms with E-state index in [0.717, 1.165) is 44.5 Å². The molecule has 1 aromatic heterocycles. The van der Waals surface area contributed by atoms with Gasteiger partial charge in [-0.3, -0.25) is 0 Å². The molecule has 21 heavy (non-hydrogen) atoms. The molecule has 1 aromatic rings. The first kappa shape index (κ1) is 15.7. The first-order valence-electron chi connectivity index (χ1n) is 7.91. The van der Waals surface area contributed by atoms with Crippen molar-refractivity contribution in [2.75, 3.05) is 13.1 Å². The molecule has 0 radical (unpaired) electrons. The monoisotopic (exact) mass is 290 g/mol. The van der Waals surface area contributed by atoms with Crippen LogP contribution >= 0.6 is 0 Å². The summed E-state index contributed by atoms with van der Waals surface area (Å²) in [5.41, 5.74) is 0.926. The minimum absolute atomic E-state index is 0.0555. The van der Waals surface area contributed by atoms with Crippen molar-refractivity contribution in [2.45, 2.75) is 57.9 Å². The first-order valence-corrected chi connectivity index (χ1v) is 7.91. The highest BCUT2D eigenvalue weighted by Crippen LogP contribution is 2.25. The fourth-order valence-electron chi connectivity index (χ4n) is 2.71. The van der Waals surface area contributed by atoms with Crippen LogP contribution in [0.5, 0.6) is 0 Å². The van der Waals surface area contributed by atoms with Crippen molar-refractivity contribution in [1.29, 1.82) is 0 Å². The Morgan fingerprint density at radius 1 is 1.48 bits per heavy atom. The van der Waals surface area contributed by atoms with Gasteiger partial charge in [0.2, 0.25) is 0 Å². The van der Waals surface area contributed by atoms with Gasteiger partial charge in [0, 0.05) is 36.4 Å². The van der Waals surface area contributed by atoms with Crippen LogP contribution in [0.4, 0.5) is 4.79 Å². The van der Waals surface area contributed by atoms with Crippen molar-refractivity contribution < 1.29 is 4.79 Å². The first-order chi connectivity index (χ1) is 10.1. The van der Waals surface area contributed by atoms with E-state index in [1.165, 1.54) is 0 Å². The van der Waals surface area contributed by atoms with Crippen LogP contribution in [0.25, 0.3) is 0 Å². The topological polar surface area (TPSA) is 58.1 Å². The number of nitrogens with zero attached hydrogens (tertiary/aromatic N) is 3. The fraction of sp³-hybridized carbons (Fsp3) is 0.688. The second kappa shape index (κ2) is 6.87. The number of piperidine rings is 1. The molecule has 1 atom stereocenters. The summed E-state index contributed by atoms with van der Waals surface area (Å²) in [6, 6.07) is 2.01. The Morgan fingerprint density at radius 3 is 2.86 bits per heavy atom. The van der Waals surface area contributed by atoms with Gasteiger partial charge in [-0.1, -0.05) is 13.8 Å². The van der Waals surface area contributed by atoms with Gasteiger partial charge in [-0.15, -0.1) is 0 Å². The Labute approximate surface area is 127 Å². The third kappa shape index (κ3) is 3.93. The van der Waals surface area contributed by atoms with Crippen LogP contribution in [0.15, 0.2) is 18.6 Å². The Kier molecular flexibility index (Phi) is 5.15. The molecule has 0 aromatic carbocycles. The summed E-state index contributed by atoms with van der Waals surface area (Å²) in [6.45, 7) is 7.91. The molecule has 2 heterocycles. The second-order valence-corrected chi connectivity index (χ2v) is 6.12. The molecule has 1 saturated heterocycles. The van der Waals surface area contributed by atoms with Gasteiger partial charge in [0.1, 0.15) is 6.33 Å². The molecule has 1 N–H and O–H groups in total. The number of rotatable bonds is 4. The molecule has 5 nitrogen and oxygen atoms in total. The molecular formula is C16H26N4O. The third-order valence-corrected chi connectivity index (χ3v) is 4.70. The van der Waals surface area contributed by atoms with Crippen LogP contribution in [-0.4, -0.2) is 39.5 Å². The van der Waals surface area contributed by atoms with Crippen LogP contribution in [0.1, 0.15) is 58.1 Å². The lowest BCUT2D eigenvalue weighted by Gasteiger charge is -2.36. The van der Waals surface area contributed by atoms with Crippen molar-refractivity contribution in [3.63, 3.8) is 0 Å². The number of aromatic nitrogens is 2. The van der Waals surface area contributed by atoms with Gasteiger partial charge in [-0.05, 0) is 38.7 Å². The normalized spacial score (nSPS) is 19.4. The van der Waals surface area contributed by atoms with E-state index >= 15 is 0 Å². The Morgan fingerprint density at radius 2 is 2.24 bits per heavy atom. The number of hydrogen-bond acceptors (Lipinski definition) is 3. The van der Waals surface area contributed by atoms with Gasteiger partial charge in [-0.25, -0.2) is 14.8 Å². The predicted molar refractivity (Wildman–Crippen MR) is 83.1 cm³/mol. The highest BCUT2D eigenvalue weighted by Gasteiger charge is 2.29. The lowest BCUT2D eigenvalue weighted by atomic mass is 9.94. The van der Waals surface area contributed by atoms with E-state index < -0.39 is 0 Å². The van der Waals surface area contributed by atoms with Crippen molar-refractivity contribution in [3.8, 4) is 0 Å². The van der Waals surface area contributed by atoms with E-state index in [9.17, 15) is 4.79 Å². The highest BCUT2D eigenvalue weighted by atomic mass is 16.2. The quantitative estimate of drug-likeness (QED) is 0.927. The molecule has 2 amide bonds. The number of nitrogens with one attached hydrogen (secondary N) is 1. The third-order valence-electron chi connectivity index (χ3n) is 4.70. The molecule has 0 aliphatic carbocycles. The summed E-state index contributed by atoms with van der Waals surface area (Å²) >= 11 is 0. The predicted octanol–water partition coefficient (Wildman–Crippen LogP) is 2.94. The molecule has 5 heteroatoms. The molecule has 0 bridgehead atoms. The summed E-state index contributed by atoms with van der Waals surface area (Å²) in [5, 5.41) is 3.19. The van der Waals surface area contributed by atoms with Gasteiger partial charge in [-0.2, -0.15) is 0 Å². The van der Waals surface area contributed by atoms with E-state index in [-0.39, 0.29) is 11.6 Å². The Bertz CT molecular complexity index is 459. The zero-order valence-corrected chi connectivity index (χ0v) is 13.3. The largest absolute Gasteiger partial charge is 0.333 e. The Balaban J connectivity index is 1.99. The Hall–Kier alpha value is -1.65. The number of likely N-dealkylation sites (tertiary alicyclic amines) is 1. The molecule has 1 fully saturated rings. The van der Waals surface area contributed by atoms with Crippen molar-refractivity contribution in [1.82, 2.24) is 20.2 Å². The van der Waals surface area contributed by atoms with Gasteiger partial charge in [0.25, 0.3) is 0 Å². The second-order valence-electron chi connectivity index (χ2n) is 6.12. The molecule has 2 rings (SSSR count). The van der Waals surface area contributed by atoms with Crippen LogP contribution in [-0.2, 0) is 0 Å². The maximum absolute atomic E-state index is 12.5. The number of urea groups is 1. The minimum atomic E-state index is -0.112. The summed E-state index contributed by atoms with van der Waals surface area (Å²) in [7, 11) is 0. The zero-order valence-electron chi connectivity index (χ0n) is 13.3. The summed E-state index contributed by atoms with van der Waals surface area (Å²) in [5.74, 6) is 0.321. The van der Waals surface area contributed by atoms with Gasteiger partial charge in [0.05, 0.1) is 0 Å². The van der Waals surface area contributed by atoms with Crippen LogP contribution in [0.3, 0.4) is 0 Å². The fourth-order valence-corrected chi connectivity index (χ4v) is 2.71. The van der Waals surface area contributed by atoms with Crippen LogP contribution in [0, 0.1) is 0 Å². The molecule has 1 unspecified atom stereocenters. The summed E-state index contributed by atoms with van der Waals surface area (Å²) in [4.78, 5) is 22.7. The molecule has 1 aliphatic heterocycles. The van der Waals surface area contributed by atoms with Crippen LogP contribution < -0.4 is 5.32 Å². The standard InChI is InChI=1S/C16H26N4O/c1-4-16(3,5-2)19-15(21)20-10-6-7-13(11-20)14-8-9-17-12-18-14/h8-9,12-13H,4-7,10-11H2,1-3H3,(H,19,21). The molecule has 1 aliphatic rings. The SMILES string of the molecule is CCC(C)(CC)NC(=O)N1CCCC(c2ccncn2)C1. The van der Waals surface area contributed by atoms with Crippen molar-refractivity contribution in [3.05, 3.63) is 24.3 Å². The molecule has 116 valence electrons. The molecular weight excluding hydrogens is 264 g/mol. The van der Waals surface area contributed by atoms with Crippen molar-refractivity contribution in [2.24, 2.45) is 0 Å².